The Morgan fingerprint density at radius 1 is 1.24 bits per heavy atom. The van der Waals surface area contributed by atoms with E-state index >= 15 is 0 Å². The van der Waals surface area contributed by atoms with Crippen LogP contribution in [0.5, 0.6) is 0 Å². The van der Waals surface area contributed by atoms with Gasteiger partial charge in [-0.25, -0.2) is 0 Å². The van der Waals surface area contributed by atoms with Gasteiger partial charge >= 0.3 is 6.18 Å². The van der Waals surface area contributed by atoms with E-state index in [1.54, 1.807) is 20.8 Å². The van der Waals surface area contributed by atoms with Gasteiger partial charge in [0.15, 0.2) is 0 Å². The molecule has 2 N–H and O–H groups in total. The third-order valence-corrected chi connectivity index (χ3v) is 3.04. The molecular formula is C14H18BrF3N2O. The zero-order chi connectivity index (χ0) is 16.4. The molecule has 1 aromatic carbocycles. The van der Waals surface area contributed by atoms with Gasteiger partial charge in [-0.15, -0.1) is 0 Å². The second kappa shape index (κ2) is 6.25. The Morgan fingerprint density at radius 2 is 1.81 bits per heavy atom. The fourth-order valence-corrected chi connectivity index (χ4v) is 2.02. The molecule has 0 aliphatic rings. The van der Waals surface area contributed by atoms with Crippen LogP contribution in [-0.2, 0) is 11.0 Å². The molecule has 0 aliphatic heterocycles. The van der Waals surface area contributed by atoms with E-state index in [1.165, 1.54) is 19.1 Å². The van der Waals surface area contributed by atoms with E-state index in [9.17, 15) is 18.0 Å². The summed E-state index contributed by atoms with van der Waals surface area (Å²) in [7, 11) is 0. The Kier molecular flexibility index (Phi) is 5.30. The maximum atomic E-state index is 12.9. The summed E-state index contributed by atoms with van der Waals surface area (Å²) < 4.78 is 39.3. The van der Waals surface area contributed by atoms with Gasteiger partial charge in [-0.2, -0.15) is 13.2 Å². The highest BCUT2D eigenvalue weighted by Gasteiger charge is 2.34. The molecule has 0 aromatic heterocycles. The first-order chi connectivity index (χ1) is 9.40. The number of carbonyl (C=O) groups is 1. The second-order valence-corrected chi connectivity index (χ2v) is 6.71. The number of benzene rings is 1. The van der Waals surface area contributed by atoms with Crippen LogP contribution >= 0.6 is 15.9 Å². The molecular weight excluding hydrogens is 349 g/mol. The van der Waals surface area contributed by atoms with Gasteiger partial charge in [0.25, 0.3) is 0 Å². The molecule has 7 heteroatoms. The molecule has 0 aliphatic carbocycles. The fraction of sp³-hybridized carbons (Fsp3) is 0.500. The molecule has 0 fully saturated rings. The monoisotopic (exact) mass is 366 g/mol. The summed E-state index contributed by atoms with van der Waals surface area (Å²) in [6.07, 6.45) is -4.48. The van der Waals surface area contributed by atoms with E-state index in [1.807, 2.05) is 0 Å². The number of nitrogens with one attached hydrogen (secondary N) is 2. The summed E-state index contributed by atoms with van der Waals surface area (Å²) >= 11 is 3.13. The molecule has 21 heavy (non-hydrogen) atoms. The second-order valence-electron chi connectivity index (χ2n) is 5.79. The van der Waals surface area contributed by atoms with Crippen molar-refractivity contribution in [1.82, 2.24) is 5.32 Å². The van der Waals surface area contributed by atoms with E-state index in [-0.39, 0.29) is 11.6 Å². The van der Waals surface area contributed by atoms with Crippen LogP contribution in [0.25, 0.3) is 0 Å². The first-order valence-corrected chi connectivity index (χ1v) is 7.15. The van der Waals surface area contributed by atoms with Gasteiger partial charge in [0.2, 0.25) is 5.91 Å². The predicted molar refractivity (Wildman–Crippen MR) is 80.1 cm³/mol. The SMILES string of the molecule is CC(Nc1cc(Br)ccc1C(F)(F)F)C(=O)NC(C)(C)C. The van der Waals surface area contributed by atoms with Gasteiger partial charge in [-0.1, -0.05) is 15.9 Å². The molecule has 3 nitrogen and oxygen atoms in total. The smallest absolute Gasteiger partial charge is 0.373 e. The molecule has 118 valence electrons. The molecule has 1 atom stereocenters. The number of amides is 1. The summed E-state index contributed by atoms with van der Waals surface area (Å²) in [5.74, 6) is -0.365. The lowest BCUT2D eigenvalue weighted by Gasteiger charge is -2.25. The van der Waals surface area contributed by atoms with Crippen LogP contribution in [0.2, 0.25) is 0 Å². The van der Waals surface area contributed by atoms with Crippen LogP contribution in [-0.4, -0.2) is 17.5 Å². The molecule has 1 rings (SSSR count). The van der Waals surface area contributed by atoms with Crippen LogP contribution in [0.4, 0.5) is 18.9 Å². The van der Waals surface area contributed by atoms with Crippen LogP contribution in [0.1, 0.15) is 33.3 Å². The zero-order valence-corrected chi connectivity index (χ0v) is 13.8. The zero-order valence-electron chi connectivity index (χ0n) is 12.2. The number of rotatable bonds is 3. The van der Waals surface area contributed by atoms with Crippen molar-refractivity contribution in [3.63, 3.8) is 0 Å². The van der Waals surface area contributed by atoms with Crippen molar-refractivity contribution in [3.05, 3.63) is 28.2 Å². The Hall–Kier alpha value is -1.24. The van der Waals surface area contributed by atoms with E-state index < -0.39 is 23.3 Å². The van der Waals surface area contributed by atoms with Gasteiger partial charge < -0.3 is 10.6 Å². The maximum absolute atomic E-state index is 12.9. The van der Waals surface area contributed by atoms with Crippen LogP contribution in [0.15, 0.2) is 22.7 Å². The predicted octanol–water partition coefficient (Wildman–Crippen LogP) is 4.18. The van der Waals surface area contributed by atoms with Crippen molar-refractivity contribution in [2.24, 2.45) is 0 Å². The van der Waals surface area contributed by atoms with Crippen LogP contribution < -0.4 is 10.6 Å². The van der Waals surface area contributed by atoms with Gasteiger partial charge in [-0.3, -0.25) is 4.79 Å². The summed E-state index contributed by atoms with van der Waals surface area (Å²) in [5, 5.41) is 5.34. The van der Waals surface area contributed by atoms with Crippen molar-refractivity contribution in [2.45, 2.75) is 45.5 Å². The molecule has 1 aromatic rings. The lowest BCUT2D eigenvalue weighted by atomic mass is 10.1. The van der Waals surface area contributed by atoms with Gasteiger partial charge in [-0.05, 0) is 45.9 Å². The Balaban J connectivity index is 2.97. The summed E-state index contributed by atoms with van der Waals surface area (Å²) in [6.45, 7) is 6.93. The van der Waals surface area contributed by atoms with E-state index in [0.29, 0.717) is 4.47 Å². The average molecular weight is 367 g/mol. The number of carbonyl (C=O) groups excluding carboxylic acids is 1. The first-order valence-electron chi connectivity index (χ1n) is 6.35. The summed E-state index contributed by atoms with van der Waals surface area (Å²) in [6, 6.07) is 2.80. The maximum Gasteiger partial charge on any atom is 0.418 e. The van der Waals surface area contributed by atoms with Crippen LogP contribution in [0, 0.1) is 0 Å². The minimum absolute atomic E-state index is 0.131. The quantitative estimate of drug-likeness (QED) is 0.842. The number of hydrogen-bond donors (Lipinski definition) is 2. The third kappa shape index (κ3) is 5.57. The largest absolute Gasteiger partial charge is 0.418 e. The molecule has 0 bridgehead atoms. The van der Waals surface area contributed by atoms with Gasteiger partial charge in [0, 0.05) is 15.7 Å². The first kappa shape index (κ1) is 17.8. The molecule has 1 unspecified atom stereocenters. The normalized spacial score (nSPS) is 13.7. The molecule has 0 saturated heterocycles. The van der Waals surface area contributed by atoms with Crippen molar-refractivity contribution < 1.29 is 18.0 Å². The van der Waals surface area contributed by atoms with Crippen molar-refractivity contribution in [1.29, 1.82) is 0 Å². The van der Waals surface area contributed by atoms with Gasteiger partial charge in [0.05, 0.1) is 5.56 Å². The van der Waals surface area contributed by atoms with Crippen molar-refractivity contribution in [3.8, 4) is 0 Å². The minimum Gasteiger partial charge on any atom is -0.373 e. The van der Waals surface area contributed by atoms with Crippen molar-refractivity contribution >= 4 is 27.5 Å². The standard InChI is InChI=1S/C14H18BrF3N2O/c1-8(12(21)20-13(2,3)4)19-11-7-9(15)5-6-10(11)14(16,17)18/h5-8,19H,1-4H3,(H,20,21). The van der Waals surface area contributed by atoms with E-state index in [2.05, 4.69) is 26.6 Å². The lowest BCUT2D eigenvalue weighted by Crippen LogP contribution is -2.47. The number of halogens is 4. The highest BCUT2D eigenvalue weighted by atomic mass is 79.9. The molecule has 1 amide bonds. The van der Waals surface area contributed by atoms with E-state index in [4.69, 9.17) is 0 Å². The number of alkyl halides is 3. The lowest BCUT2D eigenvalue weighted by molar-refractivity contribution is -0.137. The van der Waals surface area contributed by atoms with Gasteiger partial charge in [0.1, 0.15) is 6.04 Å². The average Bonchev–Trinajstić information content (AvgIpc) is 2.24. The van der Waals surface area contributed by atoms with E-state index in [0.717, 1.165) is 6.07 Å². The third-order valence-electron chi connectivity index (χ3n) is 2.55. The molecule has 0 saturated carbocycles. The number of hydrogen-bond acceptors (Lipinski definition) is 2. The molecule has 0 heterocycles. The fourth-order valence-electron chi connectivity index (χ4n) is 1.66. The summed E-state index contributed by atoms with van der Waals surface area (Å²) in [4.78, 5) is 11.9. The Morgan fingerprint density at radius 3 is 2.29 bits per heavy atom. The van der Waals surface area contributed by atoms with Crippen molar-refractivity contribution in [2.75, 3.05) is 5.32 Å². The topological polar surface area (TPSA) is 41.1 Å². The Labute approximate surface area is 130 Å². The van der Waals surface area contributed by atoms with Crippen LogP contribution in [0.3, 0.4) is 0 Å². The Bertz CT molecular complexity index is 524. The number of anilines is 1. The molecule has 0 spiro atoms. The molecule has 0 radical (unpaired) electrons. The highest BCUT2D eigenvalue weighted by Crippen LogP contribution is 2.36. The summed E-state index contributed by atoms with van der Waals surface area (Å²) in [5.41, 5.74) is -1.38. The minimum atomic E-state index is -4.48. The highest BCUT2D eigenvalue weighted by molar-refractivity contribution is 9.10.